The molecule has 2 aliphatic rings. The van der Waals surface area contributed by atoms with Gasteiger partial charge in [0, 0.05) is 0 Å². The number of Topliss-reactive ketones (excluding diaryl/α,β-unsaturated/α-hetero) is 1. The Morgan fingerprint density at radius 2 is 1.89 bits per heavy atom. The highest BCUT2D eigenvalue weighted by atomic mass is 16.7. The molecule has 0 spiro atoms. The molecule has 0 amide bonds. The van der Waals surface area contributed by atoms with Gasteiger partial charge >= 0.3 is 5.97 Å². The summed E-state index contributed by atoms with van der Waals surface area (Å²) >= 11 is 0. The Kier molecular flexibility index (Phi) is 6.31. The molecule has 0 N–H and O–H groups in total. The molecule has 27 heavy (non-hydrogen) atoms. The van der Waals surface area contributed by atoms with Crippen molar-refractivity contribution in [1.82, 2.24) is 0 Å². The minimum absolute atomic E-state index is 0.130. The third-order valence-corrected chi connectivity index (χ3v) is 5.10. The van der Waals surface area contributed by atoms with Crippen molar-refractivity contribution in [3.8, 4) is 0 Å². The number of unbranched alkanes of at least 4 members (excludes halogenated alkanes) is 1. The van der Waals surface area contributed by atoms with Crippen LogP contribution >= 0.6 is 0 Å². The minimum Gasteiger partial charge on any atom is -0.457 e. The second kappa shape index (κ2) is 7.97. The summed E-state index contributed by atoms with van der Waals surface area (Å²) in [7, 11) is 0. The lowest BCUT2D eigenvalue weighted by Crippen LogP contribution is -2.33. The first-order chi connectivity index (χ1) is 12.5. The number of ether oxygens (including phenoxy) is 2. The maximum absolute atomic E-state index is 12.6. The van der Waals surface area contributed by atoms with E-state index in [2.05, 4.69) is 58.9 Å². The zero-order valence-corrected chi connectivity index (χ0v) is 17.6. The molecule has 0 bridgehead atoms. The van der Waals surface area contributed by atoms with Crippen LogP contribution < -0.4 is 0 Å². The van der Waals surface area contributed by atoms with Gasteiger partial charge in [0.1, 0.15) is 12.2 Å². The molecule has 0 radical (unpaired) electrons. The van der Waals surface area contributed by atoms with Crippen LogP contribution in [0, 0.1) is 5.41 Å². The van der Waals surface area contributed by atoms with Crippen LogP contribution in [0.5, 0.6) is 0 Å². The molecule has 0 aromatic heterocycles. The summed E-state index contributed by atoms with van der Waals surface area (Å²) in [6.07, 6.45) is 11.2. The highest BCUT2D eigenvalue weighted by Crippen LogP contribution is 2.48. The lowest BCUT2D eigenvalue weighted by atomic mass is 9.85. The van der Waals surface area contributed by atoms with E-state index in [-0.39, 0.29) is 17.3 Å². The Morgan fingerprint density at radius 3 is 2.37 bits per heavy atom. The summed E-state index contributed by atoms with van der Waals surface area (Å²) < 4.78 is 10.5. The molecule has 148 valence electrons. The molecule has 0 unspecified atom stereocenters. The fourth-order valence-electron chi connectivity index (χ4n) is 3.43. The molecule has 2 rings (SSSR count). The number of fused-ring (bicyclic) bond motifs is 1. The molecule has 2 fully saturated rings. The Labute approximate surface area is 163 Å². The third kappa shape index (κ3) is 4.49. The first-order valence-electron chi connectivity index (χ1n) is 9.66. The fraction of sp³-hybridized carbons (Fsp3) is 0.565. The summed E-state index contributed by atoms with van der Waals surface area (Å²) in [5.41, 5.74) is 1.84. The number of rotatable bonds is 7. The largest absolute Gasteiger partial charge is 0.457 e. The van der Waals surface area contributed by atoms with E-state index in [1.54, 1.807) is 13.8 Å². The quantitative estimate of drug-likeness (QED) is 0.160. The SMILES string of the molecule is C\C=C(/C=C(C)/C=C/CC/C=C(\C)C(=O)[C@]12O[C@H]1[C@H](C)OC2=O)C(C)(C)C. The molecule has 4 nitrogen and oxygen atoms in total. The molecule has 3 atom stereocenters. The number of carbonyl (C=O) groups is 2. The molecule has 0 aliphatic carbocycles. The normalized spacial score (nSPS) is 29.1. The van der Waals surface area contributed by atoms with Crippen LogP contribution in [0.15, 0.2) is 47.1 Å². The van der Waals surface area contributed by atoms with E-state index in [0.717, 1.165) is 12.8 Å². The average molecular weight is 373 g/mol. The molecule has 2 heterocycles. The number of carbonyl (C=O) groups excluding carboxylic acids is 2. The Balaban J connectivity index is 1.88. The van der Waals surface area contributed by atoms with Crippen molar-refractivity contribution in [2.45, 2.75) is 79.1 Å². The van der Waals surface area contributed by atoms with Gasteiger partial charge in [-0.05, 0) is 57.1 Å². The predicted octanol–water partition coefficient (Wildman–Crippen LogP) is 4.86. The number of hydrogen-bond donors (Lipinski definition) is 0. The lowest BCUT2D eigenvalue weighted by molar-refractivity contribution is -0.155. The maximum atomic E-state index is 12.6. The number of esters is 1. The second-order valence-electron chi connectivity index (χ2n) is 8.46. The summed E-state index contributed by atoms with van der Waals surface area (Å²) in [5, 5.41) is 0. The van der Waals surface area contributed by atoms with Gasteiger partial charge in [-0.1, -0.05) is 56.7 Å². The molecule has 0 aromatic rings. The van der Waals surface area contributed by atoms with Crippen LogP contribution in [0.2, 0.25) is 0 Å². The van der Waals surface area contributed by atoms with Crippen LogP contribution in [-0.2, 0) is 19.1 Å². The monoisotopic (exact) mass is 372 g/mol. The maximum Gasteiger partial charge on any atom is 0.350 e. The number of epoxide rings is 1. The van der Waals surface area contributed by atoms with E-state index in [0.29, 0.717) is 5.57 Å². The van der Waals surface area contributed by atoms with Crippen molar-refractivity contribution >= 4 is 11.8 Å². The third-order valence-electron chi connectivity index (χ3n) is 5.10. The van der Waals surface area contributed by atoms with E-state index in [9.17, 15) is 9.59 Å². The van der Waals surface area contributed by atoms with Crippen LogP contribution in [0.4, 0.5) is 0 Å². The van der Waals surface area contributed by atoms with Gasteiger partial charge in [-0.3, -0.25) is 4.79 Å². The summed E-state index contributed by atoms with van der Waals surface area (Å²) in [6, 6.07) is 0. The standard InChI is InChI=1S/C23H32O4/c1-8-18(22(5,6)7)14-15(2)12-10-9-11-13-16(3)19(24)23-20(27-23)17(4)26-21(23)25/h8,10,12-14,17,20H,9,11H2,1-7H3/b12-10+,15-14+,16-13+,18-8+/t17-,20-,23-/m0/s1. The Hall–Kier alpha value is -1.94. The minimum atomic E-state index is -1.36. The van der Waals surface area contributed by atoms with Crippen molar-refractivity contribution in [3.05, 3.63) is 47.1 Å². The highest BCUT2D eigenvalue weighted by Gasteiger charge is 2.76. The van der Waals surface area contributed by atoms with Crippen molar-refractivity contribution in [2.75, 3.05) is 0 Å². The van der Waals surface area contributed by atoms with Gasteiger partial charge < -0.3 is 9.47 Å². The molecule has 0 aromatic carbocycles. The smallest absolute Gasteiger partial charge is 0.350 e. The van der Waals surface area contributed by atoms with Crippen LogP contribution in [0.1, 0.15) is 61.3 Å². The summed E-state index contributed by atoms with van der Waals surface area (Å²) in [5.74, 6) is -0.804. The van der Waals surface area contributed by atoms with Crippen molar-refractivity contribution in [3.63, 3.8) is 0 Å². The first-order valence-corrected chi connectivity index (χ1v) is 9.66. The zero-order chi connectivity index (χ0) is 20.4. The lowest BCUT2D eigenvalue weighted by Gasteiger charge is -2.20. The second-order valence-corrected chi connectivity index (χ2v) is 8.46. The van der Waals surface area contributed by atoms with Gasteiger partial charge in [0.15, 0.2) is 0 Å². The van der Waals surface area contributed by atoms with Gasteiger partial charge in [0.2, 0.25) is 5.78 Å². The number of allylic oxidation sites excluding steroid dienone is 7. The first kappa shape index (κ1) is 21.4. The van der Waals surface area contributed by atoms with Gasteiger partial charge in [0.25, 0.3) is 5.60 Å². The van der Waals surface area contributed by atoms with E-state index < -0.39 is 17.7 Å². The number of hydrogen-bond acceptors (Lipinski definition) is 4. The van der Waals surface area contributed by atoms with Crippen molar-refractivity contribution in [2.24, 2.45) is 5.41 Å². The number of ketones is 1. The van der Waals surface area contributed by atoms with Crippen molar-refractivity contribution < 1.29 is 19.1 Å². The molecular formula is C23H32O4. The topological polar surface area (TPSA) is 55.9 Å². The highest BCUT2D eigenvalue weighted by molar-refractivity contribution is 6.19. The molecule has 4 heteroatoms. The van der Waals surface area contributed by atoms with E-state index in [1.165, 1.54) is 11.1 Å². The molecule has 0 saturated carbocycles. The van der Waals surface area contributed by atoms with E-state index in [4.69, 9.17) is 9.47 Å². The van der Waals surface area contributed by atoms with E-state index in [1.807, 2.05) is 6.08 Å². The van der Waals surface area contributed by atoms with Crippen LogP contribution in [0.3, 0.4) is 0 Å². The van der Waals surface area contributed by atoms with Gasteiger partial charge in [-0.15, -0.1) is 0 Å². The zero-order valence-electron chi connectivity index (χ0n) is 17.6. The summed E-state index contributed by atoms with van der Waals surface area (Å²) in [4.78, 5) is 24.5. The van der Waals surface area contributed by atoms with Crippen LogP contribution in [0.25, 0.3) is 0 Å². The van der Waals surface area contributed by atoms with Gasteiger partial charge in [-0.25, -0.2) is 4.79 Å². The predicted molar refractivity (Wildman–Crippen MR) is 107 cm³/mol. The van der Waals surface area contributed by atoms with Crippen LogP contribution in [-0.4, -0.2) is 29.6 Å². The summed E-state index contributed by atoms with van der Waals surface area (Å²) in [6.45, 7) is 14.3. The Bertz CT molecular complexity index is 730. The molecular weight excluding hydrogens is 340 g/mol. The Morgan fingerprint density at radius 1 is 1.22 bits per heavy atom. The van der Waals surface area contributed by atoms with Gasteiger partial charge in [-0.2, -0.15) is 0 Å². The van der Waals surface area contributed by atoms with Gasteiger partial charge in [0.05, 0.1) is 0 Å². The fourth-order valence-corrected chi connectivity index (χ4v) is 3.43. The van der Waals surface area contributed by atoms with Crippen molar-refractivity contribution in [1.29, 1.82) is 0 Å². The number of cyclic esters (lactones) is 1. The molecule has 2 saturated heterocycles. The average Bonchev–Trinajstić information content (AvgIpc) is 3.29. The van der Waals surface area contributed by atoms with E-state index >= 15 is 0 Å². The molecule has 2 aliphatic heterocycles.